The number of rotatable bonds is 5. The summed E-state index contributed by atoms with van der Waals surface area (Å²) in [5.41, 5.74) is 10.9. The Hall–Kier alpha value is -6.99. The van der Waals surface area contributed by atoms with Crippen LogP contribution in [-0.4, -0.2) is 10.4 Å². The van der Waals surface area contributed by atoms with Crippen LogP contribution < -0.4 is 10.6 Å². The summed E-state index contributed by atoms with van der Waals surface area (Å²) >= 11 is 1.86. The van der Waals surface area contributed by atoms with Crippen LogP contribution in [0.4, 0.5) is 0 Å². The van der Waals surface area contributed by atoms with Crippen LogP contribution in [0.2, 0.25) is 0 Å². The van der Waals surface area contributed by atoms with Crippen LogP contribution in [0.3, 0.4) is 0 Å². The van der Waals surface area contributed by atoms with Gasteiger partial charge < -0.3 is 14.3 Å². The molecule has 3 aromatic heterocycles. The Morgan fingerprint density at radius 1 is 0.544 bits per heavy atom. The Kier molecular flexibility index (Phi) is 7.24. The fourth-order valence-corrected chi connectivity index (χ4v) is 10.1. The summed E-state index contributed by atoms with van der Waals surface area (Å²) in [4.78, 5) is 5.13. The van der Waals surface area contributed by atoms with Gasteiger partial charge in [-0.05, 0) is 53.1 Å². The number of aliphatic imine (C=N–C) groups is 1. The third-order valence-corrected chi connectivity index (χ3v) is 12.6. The lowest BCUT2D eigenvalue weighted by Gasteiger charge is -2.32. The maximum absolute atomic E-state index is 6.82. The number of thiophene rings is 1. The number of fused-ring (bicyclic) bond motifs is 9. The topological polar surface area (TPSA) is 54.5 Å². The summed E-state index contributed by atoms with van der Waals surface area (Å²) < 4.78 is 11.8. The number of nitrogens with zero attached hydrogens (tertiary/aromatic N) is 2. The lowest BCUT2D eigenvalue weighted by molar-refractivity contribution is 0.408. The Morgan fingerprint density at radius 2 is 1.25 bits per heavy atom. The summed E-state index contributed by atoms with van der Waals surface area (Å²) in [5.74, 6) is 0.847. The zero-order valence-corrected chi connectivity index (χ0v) is 31.5. The van der Waals surface area contributed by atoms with Crippen LogP contribution in [0.5, 0.6) is 0 Å². The predicted molar refractivity (Wildman–Crippen MR) is 238 cm³/mol. The van der Waals surface area contributed by atoms with Crippen LogP contribution in [-0.2, 0) is 0 Å². The molecule has 0 spiro atoms. The molecule has 6 heteroatoms. The molecule has 0 saturated heterocycles. The van der Waals surface area contributed by atoms with Crippen LogP contribution >= 0.6 is 11.3 Å². The van der Waals surface area contributed by atoms with Gasteiger partial charge in [0.15, 0.2) is 0 Å². The molecule has 1 aliphatic rings. The van der Waals surface area contributed by atoms with Crippen molar-refractivity contribution in [2.45, 2.75) is 12.3 Å². The molecule has 0 aliphatic carbocycles. The number of hydrogen-bond acceptors (Lipinski definition) is 5. The molecule has 5 nitrogen and oxygen atoms in total. The van der Waals surface area contributed by atoms with E-state index in [9.17, 15) is 0 Å². The van der Waals surface area contributed by atoms with E-state index in [4.69, 9.17) is 9.41 Å². The highest BCUT2D eigenvalue weighted by Crippen LogP contribution is 2.44. The number of amidine groups is 1. The summed E-state index contributed by atoms with van der Waals surface area (Å²) in [6, 6.07) is 64.8. The minimum Gasteiger partial charge on any atom is -0.456 e. The molecule has 0 bridgehead atoms. The predicted octanol–water partition coefficient (Wildman–Crippen LogP) is 13.1. The first-order valence-corrected chi connectivity index (χ1v) is 20.2. The number of aromatic nitrogens is 1. The summed E-state index contributed by atoms with van der Waals surface area (Å²) in [6.45, 7) is 0. The highest BCUT2D eigenvalue weighted by molar-refractivity contribution is 7.26. The van der Waals surface area contributed by atoms with Crippen LogP contribution in [0.15, 0.2) is 191 Å². The molecule has 4 heterocycles. The number of nitrogens with one attached hydrogen (secondary N) is 2. The van der Waals surface area contributed by atoms with Gasteiger partial charge in [0.1, 0.15) is 29.3 Å². The number of furan rings is 1. The third-order valence-electron chi connectivity index (χ3n) is 11.5. The molecule has 8 aromatic carbocycles. The van der Waals surface area contributed by atoms with E-state index in [1.807, 2.05) is 23.5 Å². The molecule has 0 radical (unpaired) electrons. The van der Waals surface area contributed by atoms with Gasteiger partial charge in [-0.3, -0.25) is 5.32 Å². The highest BCUT2D eigenvalue weighted by atomic mass is 32.1. The molecule has 0 saturated carbocycles. The Balaban J connectivity index is 0.988. The van der Waals surface area contributed by atoms with E-state index in [1.165, 1.54) is 53.2 Å². The number of hydrogen-bond donors (Lipinski definition) is 2. The smallest absolute Gasteiger partial charge is 0.142 e. The van der Waals surface area contributed by atoms with E-state index in [1.54, 1.807) is 0 Å². The van der Waals surface area contributed by atoms with Gasteiger partial charge in [-0.15, -0.1) is 11.3 Å². The first-order chi connectivity index (χ1) is 28.3. The van der Waals surface area contributed by atoms with Gasteiger partial charge in [0.25, 0.3) is 0 Å². The molecule has 1 aliphatic heterocycles. The van der Waals surface area contributed by atoms with E-state index in [0.29, 0.717) is 0 Å². The largest absolute Gasteiger partial charge is 0.456 e. The normalized spacial score (nSPS) is 15.9. The first kappa shape index (κ1) is 32.3. The maximum Gasteiger partial charge on any atom is 0.142 e. The Bertz CT molecular complexity index is 3320. The molecule has 270 valence electrons. The molecular weight excluding hydrogens is 717 g/mol. The van der Waals surface area contributed by atoms with Crippen molar-refractivity contribution in [2.24, 2.45) is 4.99 Å². The Labute approximate surface area is 332 Å². The van der Waals surface area contributed by atoms with E-state index in [2.05, 4.69) is 185 Å². The van der Waals surface area contributed by atoms with E-state index in [0.717, 1.165) is 50.0 Å². The fourth-order valence-electron chi connectivity index (χ4n) is 8.95. The molecule has 0 fully saturated rings. The van der Waals surface area contributed by atoms with Gasteiger partial charge in [-0.25, -0.2) is 4.99 Å². The van der Waals surface area contributed by atoms with Gasteiger partial charge in [0, 0.05) is 52.8 Å². The highest BCUT2D eigenvalue weighted by Gasteiger charge is 2.28. The molecule has 12 rings (SSSR count). The van der Waals surface area contributed by atoms with Gasteiger partial charge >= 0.3 is 0 Å². The quantitative estimate of drug-likeness (QED) is 0.184. The van der Waals surface area contributed by atoms with Gasteiger partial charge in [-0.1, -0.05) is 146 Å². The maximum atomic E-state index is 6.82. The Morgan fingerprint density at radius 3 is 2.05 bits per heavy atom. The van der Waals surface area contributed by atoms with Crippen molar-refractivity contribution < 1.29 is 4.42 Å². The average molecular weight is 751 g/mol. The second kappa shape index (κ2) is 12.8. The molecule has 2 atom stereocenters. The van der Waals surface area contributed by atoms with Crippen molar-refractivity contribution in [2.75, 3.05) is 0 Å². The number of para-hydroxylation sites is 3. The lowest BCUT2D eigenvalue weighted by atomic mass is 9.97. The summed E-state index contributed by atoms with van der Waals surface area (Å²) in [5, 5.41) is 14.8. The fraction of sp³-hybridized carbons (Fsp3) is 0.0392. The standard InChI is InChI=1S/C51H34N4OS/c1-3-14-31(15-4-1)49-52-50(32-16-5-2-6-17-32)54-51(53-49)39-22-11-21-38-46-34(20-12-26-43(46)56-48(38)39)33-28-29-37-45(30-33)57-44-27-13-25-42(47(37)44)55-40-23-9-7-18-35(40)36-19-8-10-24-41(36)55/h1-30,49,51,53H,(H,52,54). The van der Waals surface area contributed by atoms with Crippen molar-refractivity contribution in [1.29, 1.82) is 0 Å². The molecular formula is C51H34N4OS. The van der Waals surface area contributed by atoms with Gasteiger partial charge in [0.05, 0.1) is 16.7 Å². The average Bonchev–Trinajstić information content (AvgIpc) is 3.96. The monoisotopic (exact) mass is 750 g/mol. The first-order valence-electron chi connectivity index (χ1n) is 19.4. The van der Waals surface area contributed by atoms with E-state index >= 15 is 0 Å². The molecule has 57 heavy (non-hydrogen) atoms. The van der Waals surface area contributed by atoms with Crippen LogP contribution in [0, 0.1) is 0 Å². The van der Waals surface area contributed by atoms with Crippen LogP contribution in [0.1, 0.15) is 29.0 Å². The summed E-state index contributed by atoms with van der Waals surface area (Å²) in [6.07, 6.45) is -0.472. The summed E-state index contributed by atoms with van der Waals surface area (Å²) in [7, 11) is 0. The van der Waals surface area contributed by atoms with E-state index in [-0.39, 0.29) is 12.3 Å². The minimum atomic E-state index is -0.241. The SMILES string of the molecule is c1ccc(C2=NC(c3ccccc3)NC(c3cccc4c3oc3cccc(-c5ccc6c(c5)sc5cccc(-n7c8ccccc8c8ccccc87)c56)c34)N2)cc1. The van der Waals surface area contributed by atoms with Gasteiger partial charge in [-0.2, -0.15) is 0 Å². The second-order valence-electron chi connectivity index (χ2n) is 14.7. The third kappa shape index (κ3) is 5.08. The number of benzene rings is 8. The van der Waals surface area contributed by atoms with Gasteiger partial charge in [0.2, 0.25) is 0 Å². The molecule has 2 N–H and O–H groups in total. The zero-order chi connectivity index (χ0) is 37.5. The second-order valence-corrected chi connectivity index (χ2v) is 15.8. The van der Waals surface area contributed by atoms with Crippen molar-refractivity contribution in [3.05, 3.63) is 199 Å². The molecule has 2 unspecified atom stereocenters. The zero-order valence-electron chi connectivity index (χ0n) is 30.7. The van der Waals surface area contributed by atoms with Crippen molar-refractivity contribution in [3.8, 4) is 16.8 Å². The minimum absolute atomic E-state index is 0.230. The molecule has 11 aromatic rings. The van der Waals surface area contributed by atoms with Crippen LogP contribution in [0.25, 0.3) is 80.7 Å². The molecule has 0 amide bonds. The van der Waals surface area contributed by atoms with Crippen molar-refractivity contribution in [3.63, 3.8) is 0 Å². The van der Waals surface area contributed by atoms with Crippen molar-refractivity contribution in [1.82, 2.24) is 15.2 Å². The van der Waals surface area contributed by atoms with Crippen molar-refractivity contribution >= 4 is 81.1 Å². The van der Waals surface area contributed by atoms with E-state index < -0.39 is 0 Å². The lowest BCUT2D eigenvalue weighted by Crippen LogP contribution is -2.45.